The monoisotopic (exact) mass is 264 g/mol. The zero-order valence-electron chi connectivity index (χ0n) is 12.7. The summed E-state index contributed by atoms with van der Waals surface area (Å²) in [6.45, 7) is 6.28. The molecule has 0 aromatic heterocycles. The Labute approximate surface area is 117 Å². The maximum atomic E-state index is 9.62. The van der Waals surface area contributed by atoms with Gasteiger partial charge < -0.3 is 15.3 Å². The number of aliphatic hydroxyl groups is 1. The van der Waals surface area contributed by atoms with E-state index in [1.807, 2.05) is 0 Å². The molecule has 0 radical (unpaired) electrons. The molecule has 0 fully saturated rings. The molecule has 1 aromatic rings. The highest BCUT2D eigenvalue weighted by Crippen LogP contribution is 2.27. The van der Waals surface area contributed by atoms with Gasteiger partial charge in [0.1, 0.15) is 0 Å². The van der Waals surface area contributed by atoms with Crippen molar-refractivity contribution in [2.75, 3.05) is 32.6 Å². The van der Waals surface area contributed by atoms with Crippen molar-refractivity contribution in [3.8, 4) is 0 Å². The molecule has 0 atom stereocenters. The van der Waals surface area contributed by atoms with Gasteiger partial charge in [-0.15, -0.1) is 0 Å². The van der Waals surface area contributed by atoms with E-state index in [1.54, 1.807) is 0 Å². The van der Waals surface area contributed by atoms with Crippen LogP contribution in [0.15, 0.2) is 24.3 Å². The molecule has 0 saturated carbocycles. The normalized spacial score (nSPS) is 11.9. The minimum absolute atomic E-state index is 0.00870. The first-order valence-corrected chi connectivity index (χ1v) is 7.14. The standard InChI is InChI=1S/C16H28N2O/c1-5-16(6-2,13-19)12-17-15-10-8-7-9-14(15)11-18(3)4/h7-10,17,19H,5-6,11-13H2,1-4H3. The third-order valence-corrected chi connectivity index (χ3v) is 3.99. The first kappa shape index (κ1) is 16.0. The van der Waals surface area contributed by atoms with Gasteiger partial charge in [0.05, 0.1) is 6.61 Å². The highest BCUT2D eigenvalue weighted by molar-refractivity contribution is 5.51. The van der Waals surface area contributed by atoms with Crippen LogP contribution >= 0.6 is 0 Å². The molecule has 2 N–H and O–H groups in total. The highest BCUT2D eigenvalue weighted by Gasteiger charge is 2.25. The Kier molecular flexibility index (Phi) is 6.32. The highest BCUT2D eigenvalue weighted by atomic mass is 16.3. The summed E-state index contributed by atoms with van der Waals surface area (Å²) in [5.41, 5.74) is 2.47. The van der Waals surface area contributed by atoms with Gasteiger partial charge in [-0.25, -0.2) is 0 Å². The minimum atomic E-state index is -0.00870. The van der Waals surface area contributed by atoms with E-state index in [0.717, 1.165) is 25.9 Å². The summed E-state index contributed by atoms with van der Waals surface area (Å²) in [6.07, 6.45) is 1.98. The van der Waals surface area contributed by atoms with E-state index >= 15 is 0 Å². The minimum Gasteiger partial charge on any atom is -0.396 e. The van der Waals surface area contributed by atoms with Crippen molar-refractivity contribution in [1.29, 1.82) is 0 Å². The Balaban J connectivity index is 2.76. The van der Waals surface area contributed by atoms with E-state index in [4.69, 9.17) is 0 Å². The molecule has 3 nitrogen and oxygen atoms in total. The number of aliphatic hydroxyl groups excluding tert-OH is 1. The molecule has 0 bridgehead atoms. The summed E-state index contributed by atoms with van der Waals surface area (Å²) in [7, 11) is 4.15. The number of hydrogen-bond acceptors (Lipinski definition) is 3. The number of benzene rings is 1. The van der Waals surface area contributed by atoms with Gasteiger partial charge in [0, 0.05) is 24.2 Å². The van der Waals surface area contributed by atoms with Gasteiger partial charge in [-0.1, -0.05) is 32.0 Å². The third kappa shape index (κ3) is 4.51. The Morgan fingerprint density at radius 2 is 1.79 bits per heavy atom. The summed E-state index contributed by atoms with van der Waals surface area (Å²) in [6, 6.07) is 8.40. The van der Waals surface area contributed by atoms with Crippen molar-refractivity contribution in [2.45, 2.75) is 33.2 Å². The average Bonchev–Trinajstić information content (AvgIpc) is 2.42. The lowest BCUT2D eigenvalue weighted by atomic mass is 9.83. The number of nitrogens with zero attached hydrogens (tertiary/aromatic N) is 1. The SMILES string of the molecule is CCC(CC)(CO)CNc1ccccc1CN(C)C. The van der Waals surface area contributed by atoms with Gasteiger partial charge in [0.2, 0.25) is 0 Å². The maximum Gasteiger partial charge on any atom is 0.0504 e. The lowest BCUT2D eigenvalue weighted by Gasteiger charge is -2.30. The van der Waals surface area contributed by atoms with Gasteiger partial charge in [-0.05, 0) is 38.6 Å². The van der Waals surface area contributed by atoms with Crippen molar-refractivity contribution in [3.63, 3.8) is 0 Å². The van der Waals surface area contributed by atoms with E-state index in [-0.39, 0.29) is 12.0 Å². The Hall–Kier alpha value is -1.06. The average molecular weight is 264 g/mol. The molecule has 19 heavy (non-hydrogen) atoms. The molecule has 0 amide bonds. The number of nitrogens with one attached hydrogen (secondary N) is 1. The first-order valence-electron chi connectivity index (χ1n) is 7.14. The van der Waals surface area contributed by atoms with Crippen LogP contribution in [0.2, 0.25) is 0 Å². The maximum absolute atomic E-state index is 9.62. The van der Waals surface area contributed by atoms with Crippen LogP contribution in [-0.2, 0) is 6.54 Å². The van der Waals surface area contributed by atoms with Crippen LogP contribution in [0.3, 0.4) is 0 Å². The fourth-order valence-corrected chi connectivity index (χ4v) is 2.23. The molecular formula is C16H28N2O. The fourth-order valence-electron chi connectivity index (χ4n) is 2.23. The molecule has 1 aromatic carbocycles. The van der Waals surface area contributed by atoms with E-state index < -0.39 is 0 Å². The fraction of sp³-hybridized carbons (Fsp3) is 0.625. The lowest BCUT2D eigenvalue weighted by Crippen LogP contribution is -2.32. The molecule has 1 rings (SSSR count). The zero-order valence-corrected chi connectivity index (χ0v) is 12.7. The molecule has 0 heterocycles. The van der Waals surface area contributed by atoms with Gasteiger partial charge in [-0.2, -0.15) is 0 Å². The van der Waals surface area contributed by atoms with Crippen molar-refractivity contribution in [2.24, 2.45) is 5.41 Å². The Bertz CT molecular complexity index is 365. The van der Waals surface area contributed by atoms with Crippen molar-refractivity contribution >= 4 is 5.69 Å². The molecule has 0 saturated heterocycles. The Morgan fingerprint density at radius 1 is 1.16 bits per heavy atom. The number of rotatable bonds is 8. The molecule has 0 aliphatic carbocycles. The van der Waals surface area contributed by atoms with Crippen LogP contribution in [0, 0.1) is 5.41 Å². The summed E-state index contributed by atoms with van der Waals surface area (Å²) in [5.74, 6) is 0. The number of hydrogen-bond donors (Lipinski definition) is 2. The number of anilines is 1. The van der Waals surface area contributed by atoms with E-state index in [2.05, 4.69) is 62.4 Å². The van der Waals surface area contributed by atoms with Crippen molar-refractivity contribution in [1.82, 2.24) is 4.90 Å². The largest absolute Gasteiger partial charge is 0.396 e. The van der Waals surface area contributed by atoms with Gasteiger partial charge in [-0.3, -0.25) is 0 Å². The lowest BCUT2D eigenvalue weighted by molar-refractivity contribution is 0.127. The molecule has 0 aliphatic heterocycles. The summed E-state index contributed by atoms with van der Waals surface area (Å²) in [5, 5.41) is 13.1. The van der Waals surface area contributed by atoms with Gasteiger partial charge >= 0.3 is 0 Å². The third-order valence-electron chi connectivity index (χ3n) is 3.99. The van der Waals surface area contributed by atoms with Gasteiger partial charge in [0.15, 0.2) is 0 Å². The van der Waals surface area contributed by atoms with Gasteiger partial charge in [0.25, 0.3) is 0 Å². The van der Waals surface area contributed by atoms with E-state index in [0.29, 0.717) is 0 Å². The van der Waals surface area contributed by atoms with E-state index in [9.17, 15) is 5.11 Å². The zero-order chi connectivity index (χ0) is 14.3. The number of para-hydroxylation sites is 1. The second-order valence-electron chi connectivity index (χ2n) is 5.61. The second kappa shape index (κ2) is 7.51. The smallest absolute Gasteiger partial charge is 0.0504 e. The van der Waals surface area contributed by atoms with Crippen molar-refractivity contribution in [3.05, 3.63) is 29.8 Å². The molecule has 3 heteroatoms. The van der Waals surface area contributed by atoms with Crippen LogP contribution in [0.1, 0.15) is 32.3 Å². The topological polar surface area (TPSA) is 35.5 Å². The van der Waals surface area contributed by atoms with Crippen LogP contribution in [0.25, 0.3) is 0 Å². The van der Waals surface area contributed by atoms with E-state index in [1.165, 1.54) is 11.3 Å². The molecule has 108 valence electrons. The molecule has 0 spiro atoms. The summed E-state index contributed by atoms with van der Waals surface area (Å²) in [4.78, 5) is 2.17. The predicted octanol–water partition coefficient (Wildman–Crippen LogP) is 2.96. The van der Waals surface area contributed by atoms with Crippen LogP contribution in [0.5, 0.6) is 0 Å². The Morgan fingerprint density at radius 3 is 2.32 bits per heavy atom. The second-order valence-corrected chi connectivity index (χ2v) is 5.61. The van der Waals surface area contributed by atoms with Crippen LogP contribution < -0.4 is 5.32 Å². The van der Waals surface area contributed by atoms with Crippen LogP contribution in [0.4, 0.5) is 5.69 Å². The molecule has 0 aliphatic rings. The molecule has 0 unspecified atom stereocenters. The van der Waals surface area contributed by atoms with Crippen LogP contribution in [-0.4, -0.2) is 37.3 Å². The summed E-state index contributed by atoms with van der Waals surface area (Å²) >= 11 is 0. The first-order chi connectivity index (χ1) is 9.06. The van der Waals surface area contributed by atoms with Crippen molar-refractivity contribution < 1.29 is 5.11 Å². The predicted molar refractivity (Wildman–Crippen MR) is 82.4 cm³/mol. The summed E-state index contributed by atoms with van der Waals surface area (Å²) < 4.78 is 0. The quantitative estimate of drug-likeness (QED) is 0.758. The molecular weight excluding hydrogens is 236 g/mol.